The van der Waals surface area contributed by atoms with Crippen LogP contribution in [0.1, 0.15) is 31.5 Å². The summed E-state index contributed by atoms with van der Waals surface area (Å²) in [5, 5.41) is 6.22. The summed E-state index contributed by atoms with van der Waals surface area (Å²) in [6.07, 6.45) is 3.62. The molecule has 0 saturated heterocycles. The van der Waals surface area contributed by atoms with Gasteiger partial charge in [-0.2, -0.15) is 4.98 Å². The summed E-state index contributed by atoms with van der Waals surface area (Å²) in [7, 11) is 0. The lowest BCUT2D eigenvalue weighted by Crippen LogP contribution is -2.34. The first kappa shape index (κ1) is 11.1. The molecule has 0 aliphatic heterocycles. The highest BCUT2D eigenvalue weighted by molar-refractivity contribution is 5.90. The molecule has 2 unspecified atom stereocenters. The number of carbonyl (C=O) groups excluding carboxylic acids is 1. The van der Waals surface area contributed by atoms with Gasteiger partial charge in [0, 0.05) is 12.0 Å². The van der Waals surface area contributed by atoms with Gasteiger partial charge < -0.3 is 10.3 Å². The second kappa shape index (κ2) is 4.61. The van der Waals surface area contributed by atoms with Crippen molar-refractivity contribution in [2.24, 2.45) is 11.7 Å². The molecule has 1 aromatic heterocycles. The van der Waals surface area contributed by atoms with Gasteiger partial charge in [-0.15, -0.1) is 0 Å². The fourth-order valence-corrected chi connectivity index (χ4v) is 2.02. The van der Waals surface area contributed by atoms with E-state index in [1.54, 1.807) is 6.92 Å². The number of hydrogen-bond acceptors (Lipinski definition) is 5. The average Bonchev–Trinajstić information content (AvgIpc) is 2.64. The maximum atomic E-state index is 11.8. The number of anilines is 1. The van der Waals surface area contributed by atoms with E-state index >= 15 is 0 Å². The summed E-state index contributed by atoms with van der Waals surface area (Å²) >= 11 is 0. The number of aromatic nitrogens is 2. The van der Waals surface area contributed by atoms with E-state index in [-0.39, 0.29) is 23.9 Å². The Labute approximate surface area is 93.6 Å². The van der Waals surface area contributed by atoms with E-state index in [0.717, 1.165) is 25.7 Å². The average molecular weight is 224 g/mol. The highest BCUT2D eigenvalue weighted by atomic mass is 16.5. The zero-order valence-corrected chi connectivity index (χ0v) is 9.27. The van der Waals surface area contributed by atoms with Crippen molar-refractivity contribution in [1.82, 2.24) is 10.1 Å². The molecule has 0 bridgehead atoms. The Bertz CT molecular complexity index is 377. The smallest absolute Gasteiger partial charge is 0.328 e. The van der Waals surface area contributed by atoms with Gasteiger partial charge in [0.2, 0.25) is 5.91 Å². The van der Waals surface area contributed by atoms with E-state index < -0.39 is 0 Å². The molecule has 1 amide bonds. The van der Waals surface area contributed by atoms with Gasteiger partial charge >= 0.3 is 6.01 Å². The molecular weight excluding hydrogens is 208 g/mol. The zero-order valence-electron chi connectivity index (χ0n) is 9.27. The van der Waals surface area contributed by atoms with Crippen LogP contribution in [0.25, 0.3) is 0 Å². The molecule has 1 aliphatic rings. The minimum atomic E-state index is -0.0706. The van der Waals surface area contributed by atoms with Crippen LogP contribution < -0.4 is 11.1 Å². The van der Waals surface area contributed by atoms with Crippen LogP contribution in [0.3, 0.4) is 0 Å². The normalized spacial score (nSPS) is 25.4. The monoisotopic (exact) mass is 224 g/mol. The van der Waals surface area contributed by atoms with E-state index in [4.69, 9.17) is 10.3 Å². The van der Waals surface area contributed by atoms with Crippen LogP contribution in [0.2, 0.25) is 0 Å². The minimum Gasteiger partial charge on any atom is -0.328 e. The summed E-state index contributed by atoms with van der Waals surface area (Å²) in [4.78, 5) is 15.8. The third kappa shape index (κ3) is 2.57. The minimum absolute atomic E-state index is 0.0315. The Hall–Kier alpha value is -1.43. The molecule has 6 heteroatoms. The third-order valence-electron chi connectivity index (χ3n) is 2.84. The Morgan fingerprint density at radius 3 is 3.00 bits per heavy atom. The van der Waals surface area contributed by atoms with Crippen LogP contribution in [0.15, 0.2) is 4.52 Å². The number of aryl methyl sites for hydroxylation is 1. The van der Waals surface area contributed by atoms with Gasteiger partial charge in [-0.25, -0.2) is 0 Å². The van der Waals surface area contributed by atoms with Gasteiger partial charge in [0.15, 0.2) is 5.82 Å². The Morgan fingerprint density at radius 2 is 2.38 bits per heavy atom. The predicted molar refractivity (Wildman–Crippen MR) is 57.6 cm³/mol. The van der Waals surface area contributed by atoms with E-state index in [1.165, 1.54) is 0 Å². The predicted octanol–water partition coefficient (Wildman–Crippen LogP) is 0.834. The molecule has 0 spiro atoms. The number of carbonyl (C=O) groups is 1. The van der Waals surface area contributed by atoms with Crippen molar-refractivity contribution in [2.45, 2.75) is 38.6 Å². The second-order valence-corrected chi connectivity index (χ2v) is 4.26. The van der Waals surface area contributed by atoms with Crippen molar-refractivity contribution >= 4 is 11.9 Å². The lowest BCUT2D eigenvalue weighted by molar-refractivity contribution is -0.121. The zero-order chi connectivity index (χ0) is 11.5. The topological polar surface area (TPSA) is 94.0 Å². The summed E-state index contributed by atoms with van der Waals surface area (Å²) < 4.78 is 4.83. The van der Waals surface area contributed by atoms with Crippen LogP contribution in [0, 0.1) is 12.8 Å². The van der Waals surface area contributed by atoms with Crippen molar-refractivity contribution in [3.05, 3.63) is 5.82 Å². The molecule has 1 fully saturated rings. The van der Waals surface area contributed by atoms with Crippen LogP contribution >= 0.6 is 0 Å². The number of rotatable bonds is 2. The van der Waals surface area contributed by atoms with Crippen LogP contribution in [-0.4, -0.2) is 22.1 Å². The van der Waals surface area contributed by atoms with Crippen molar-refractivity contribution in [2.75, 3.05) is 5.32 Å². The molecule has 88 valence electrons. The standard InChI is InChI=1S/C10H16N4O2/c1-6-12-10(16-14-6)13-9(15)7-3-2-4-8(11)5-7/h7-8H,2-5,11H2,1H3,(H,12,13,14,15). The van der Waals surface area contributed by atoms with Gasteiger partial charge in [0.1, 0.15) is 0 Å². The first-order valence-electron chi connectivity index (χ1n) is 5.52. The summed E-state index contributed by atoms with van der Waals surface area (Å²) in [6, 6.07) is 0.301. The first-order chi connectivity index (χ1) is 7.65. The fourth-order valence-electron chi connectivity index (χ4n) is 2.02. The maximum absolute atomic E-state index is 11.8. The largest absolute Gasteiger partial charge is 0.328 e. The lowest BCUT2D eigenvalue weighted by atomic mass is 9.85. The van der Waals surface area contributed by atoms with Crippen molar-refractivity contribution in [3.63, 3.8) is 0 Å². The van der Waals surface area contributed by atoms with Gasteiger partial charge in [0.25, 0.3) is 0 Å². The second-order valence-electron chi connectivity index (χ2n) is 4.26. The van der Waals surface area contributed by atoms with Crippen LogP contribution in [-0.2, 0) is 4.79 Å². The number of nitrogens with zero attached hydrogens (tertiary/aromatic N) is 2. The Morgan fingerprint density at radius 1 is 1.56 bits per heavy atom. The van der Waals surface area contributed by atoms with Gasteiger partial charge in [-0.1, -0.05) is 11.6 Å². The molecule has 1 aliphatic carbocycles. The molecule has 2 rings (SSSR count). The SMILES string of the molecule is Cc1noc(NC(=O)C2CCCC(N)C2)n1. The molecule has 0 aromatic carbocycles. The first-order valence-corrected chi connectivity index (χ1v) is 5.52. The number of hydrogen-bond donors (Lipinski definition) is 2. The van der Waals surface area contributed by atoms with E-state index in [1.807, 2.05) is 0 Å². The van der Waals surface area contributed by atoms with Gasteiger partial charge in [-0.05, 0) is 26.2 Å². The Balaban J connectivity index is 1.92. The fraction of sp³-hybridized carbons (Fsp3) is 0.700. The van der Waals surface area contributed by atoms with Crippen LogP contribution in [0.4, 0.5) is 6.01 Å². The van der Waals surface area contributed by atoms with Crippen LogP contribution in [0.5, 0.6) is 0 Å². The molecule has 16 heavy (non-hydrogen) atoms. The third-order valence-corrected chi connectivity index (χ3v) is 2.84. The van der Waals surface area contributed by atoms with Crippen molar-refractivity contribution in [1.29, 1.82) is 0 Å². The summed E-state index contributed by atoms with van der Waals surface area (Å²) in [6.45, 7) is 1.70. The molecule has 3 N–H and O–H groups in total. The maximum Gasteiger partial charge on any atom is 0.328 e. The van der Waals surface area contributed by atoms with Gasteiger partial charge in [0.05, 0.1) is 0 Å². The van der Waals surface area contributed by atoms with Crippen molar-refractivity contribution < 1.29 is 9.32 Å². The lowest BCUT2D eigenvalue weighted by Gasteiger charge is -2.24. The molecule has 0 radical (unpaired) electrons. The number of nitrogens with two attached hydrogens (primary N) is 1. The number of amides is 1. The Kier molecular flexibility index (Phi) is 3.19. The molecule has 6 nitrogen and oxygen atoms in total. The molecule has 1 saturated carbocycles. The van der Waals surface area contributed by atoms with E-state index in [9.17, 15) is 4.79 Å². The molecular formula is C10H16N4O2. The molecule has 2 atom stereocenters. The van der Waals surface area contributed by atoms with E-state index in [2.05, 4.69) is 15.5 Å². The van der Waals surface area contributed by atoms with Gasteiger partial charge in [-0.3, -0.25) is 10.1 Å². The quantitative estimate of drug-likeness (QED) is 0.776. The number of nitrogens with one attached hydrogen (secondary N) is 1. The highest BCUT2D eigenvalue weighted by Gasteiger charge is 2.26. The summed E-state index contributed by atoms with van der Waals surface area (Å²) in [5.74, 6) is 0.408. The summed E-state index contributed by atoms with van der Waals surface area (Å²) in [5.41, 5.74) is 5.83. The molecule has 1 aromatic rings. The highest BCUT2D eigenvalue weighted by Crippen LogP contribution is 2.24. The molecule has 1 heterocycles. The van der Waals surface area contributed by atoms with E-state index in [0.29, 0.717) is 5.82 Å². The van der Waals surface area contributed by atoms with Crippen molar-refractivity contribution in [3.8, 4) is 0 Å².